The Bertz CT molecular complexity index is 496. The number of amides is 2. The van der Waals surface area contributed by atoms with E-state index in [1.165, 1.54) is 0 Å². The molecule has 1 fully saturated rings. The molecule has 7 nitrogen and oxygen atoms in total. The molecule has 2 heterocycles. The smallest absolute Gasteiger partial charge is 0.317 e. The Hall–Kier alpha value is -1.60. The lowest BCUT2D eigenvalue weighted by molar-refractivity contribution is 0.00697. The Balaban J connectivity index is 1.82. The topological polar surface area (TPSA) is 62.6 Å². The molecule has 2 rings (SSSR count). The fraction of sp³-hybridized carbons (Fsp3) is 0.750. The van der Waals surface area contributed by atoms with Crippen LogP contribution in [0.5, 0.6) is 0 Å². The average molecular weight is 323 g/mol. The van der Waals surface area contributed by atoms with E-state index >= 15 is 0 Å². The highest BCUT2D eigenvalue weighted by Gasteiger charge is 2.24. The van der Waals surface area contributed by atoms with Crippen molar-refractivity contribution in [3.05, 3.63) is 18.0 Å². The van der Waals surface area contributed by atoms with Gasteiger partial charge in [-0.25, -0.2) is 4.79 Å². The summed E-state index contributed by atoms with van der Waals surface area (Å²) in [5.41, 5.74) is 1.03. The Labute approximate surface area is 138 Å². The largest absolute Gasteiger partial charge is 0.379 e. The van der Waals surface area contributed by atoms with Crippen LogP contribution in [0.2, 0.25) is 0 Å². The van der Waals surface area contributed by atoms with E-state index < -0.39 is 0 Å². The molecular weight excluding hydrogens is 294 g/mol. The summed E-state index contributed by atoms with van der Waals surface area (Å²) >= 11 is 0. The fourth-order valence-corrected chi connectivity index (χ4v) is 2.92. The van der Waals surface area contributed by atoms with Crippen molar-refractivity contribution in [1.29, 1.82) is 0 Å². The summed E-state index contributed by atoms with van der Waals surface area (Å²) in [6, 6.07) is 0.294. The Kier molecular flexibility index (Phi) is 6.41. The lowest BCUT2D eigenvalue weighted by Gasteiger charge is -2.37. The molecule has 0 radical (unpaired) electrons. The number of hydrogen-bond acceptors (Lipinski definition) is 4. The first kappa shape index (κ1) is 17.7. The number of ether oxygens (including phenoxy) is 1. The Morgan fingerprint density at radius 3 is 2.70 bits per heavy atom. The van der Waals surface area contributed by atoms with E-state index in [4.69, 9.17) is 4.74 Å². The van der Waals surface area contributed by atoms with Gasteiger partial charge in [-0.3, -0.25) is 9.58 Å². The van der Waals surface area contributed by atoms with Gasteiger partial charge in [0, 0.05) is 51.5 Å². The Morgan fingerprint density at radius 1 is 1.43 bits per heavy atom. The zero-order chi connectivity index (χ0) is 16.8. The molecule has 1 aromatic rings. The highest BCUT2D eigenvalue weighted by Crippen LogP contribution is 2.12. The van der Waals surface area contributed by atoms with Crippen molar-refractivity contribution >= 4 is 6.03 Å². The molecule has 2 amide bonds. The minimum atomic E-state index is -0.0484. The first-order valence-corrected chi connectivity index (χ1v) is 8.25. The molecule has 0 aliphatic carbocycles. The van der Waals surface area contributed by atoms with Crippen molar-refractivity contribution in [3.8, 4) is 0 Å². The maximum atomic E-state index is 12.3. The number of carbonyl (C=O) groups excluding carboxylic acids is 1. The molecule has 1 unspecified atom stereocenters. The van der Waals surface area contributed by atoms with Crippen LogP contribution in [0.25, 0.3) is 0 Å². The van der Waals surface area contributed by atoms with Crippen molar-refractivity contribution in [3.63, 3.8) is 0 Å². The summed E-state index contributed by atoms with van der Waals surface area (Å²) in [6.07, 6.45) is 3.71. The monoisotopic (exact) mass is 323 g/mol. The number of nitrogens with one attached hydrogen (secondary N) is 1. The third-order valence-corrected chi connectivity index (χ3v) is 4.27. The highest BCUT2D eigenvalue weighted by molar-refractivity contribution is 5.73. The predicted octanol–water partition coefficient (Wildman–Crippen LogP) is 0.918. The van der Waals surface area contributed by atoms with E-state index in [-0.39, 0.29) is 6.03 Å². The molecule has 7 heteroatoms. The van der Waals surface area contributed by atoms with Gasteiger partial charge in [-0.1, -0.05) is 13.8 Å². The molecule has 1 saturated heterocycles. The normalized spacial score (nSPS) is 17.3. The van der Waals surface area contributed by atoms with Crippen LogP contribution in [0.3, 0.4) is 0 Å². The van der Waals surface area contributed by atoms with E-state index in [2.05, 4.69) is 29.2 Å². The van der Waals surface area contributed by atoms with Crippen LogP contribution < -0.4 is 5.32 Å². The summed E-state index contributed by atoms with van der Waals surface area (Å²) in [5.74, 6) is 0.483. The predicted molar refractivity (Wildman–Crippen MR) is 89.1 cm³/mol. The van der Waals surface area contributed by atoms with Crippen LogP contribution in [0, 0.1) is 5.92 Å². The van der Waals surface area contributed by atoms with Crippen molar-refractivity contribution < 1.29 is 9.53 Å². The van der Waals surface area contributed by atoms with E-state index in [9.17, 15) is 4.79 Å². The van der Waals surface area contributed by atoms with Gasteiger partial charge in [-0.2, -0.15) is 5.10 Å². The lowest BCUT2D eigenvalue weighted by Crippen LogP contribution is -2.52. The molecule has 0 bridgehead atoms. The van der Waals surface area contributed by atoms with Crippen molar-refractivity contribution in [2.75, 3.05) is 39.9 Å². The first-order valence-electron chi connectivity index (χ1n) is 8.25. The third kappa shape index (κ3) is 5.21. The molecule has 0 aromatic carbocycles. The van der Waals surface area contributed by atoms with Crippen LogP contribution in [0.4, 0.5) is 4.79 Å². The second-order valence-electron chi connectivity index (χ2n) is 6.52. The van der Waals surface area contributed by atoms with Crippen LogP contribution in [-0.4, -0.2) is 71.5 Å². The number of morpholine rings is 1. The highest BCUT2D eigenvalue weighted by atomic mass is 16.5. The number of aryl methyl sites for hydroxylation is 1. The fourth-order valence-electron chi connectivity index (χ4n) is 2.92. The van der Waals surface area contributed by atoms with Gasteiger partial charge in [0.1, 0.15) is 0 Å². The number of hydrogen-bond donors (Lipinski definition) is 1. The number of aromatic nitrogens is 2. The number of nitrogens with zero attached hydrogens (tertiary/aromatic N) is 4. The maximum absolute atomic E-state index is 12.3. The standard InChI is InChI=1S/C16H29N5O2/c1-13(2)15(21-5-7-23-8-6-21)10-17-16(22)19(3)11-14-9-18-20(4)12-14/h9,12-13,15H,5-8,10-11H2,1-4H3,(H,17,22). The SMILES string of the molecule is CC(C)C(CNC(=O)N(C)Cc1cnn(C)c1)N1CCOCC1. The molecule has 1 aliphatic rings. The molecule has 0 spiro atoms. The van der Waals surface area contributed by atoms with E-state index in [0.29, 0.717) is 25.0 Å². The van der Waals surface area contributed by atoms with Gasteiger partial charge in [0.2, 0.25) is 0 Å². The average Bonchev–Trinajstić information content (AvgIpc) is 2.93. The van der Waals surface area contributed by atoms with Gasteiger partial charge in [-0.15, -0.1) is 0 Å². The van der Waals surface area contributed by atoms with Gasteiger partial charge in [0.05, 0.1) is 26.0 Å². The minimum absolute atomic E-state index is 0.0484. The van der Waals surface area contributed by atoms with Gasteiger partial charge in [-0.05, 0) is 5.92 Å². The van der Waals surface area contributed by atoms with Gasteiger partial charge >= 0.3 is 6.03 Å². The number of carbonyl (C=O) groups is 1. The zero-order valence-corrected chi connectivity index (χ0v) is 14.7. The Morgan fingerprint density at radius 2 is 2.13 bits per heavy atom. The van der Waals surface area contributed by atoms with Crippen molar-refractivity contribution in [1.82, 2.24) is 24.9 Å². The second-order valence-corrected chi connectivity index (χ2v) is 6.52. The molecule has 1 N–H and O–H groups in total. The van der Waals surface area contributed by atoms with Crippen LogP contribution in [0.1, 0.15) is 19.4 Å². The molecule has 0 saturated carbocycles. The molecule has 1 aromatic heterocycles. The van der Waals surface area contributed by atoms with Gasteiger partial charge < -0.3 is 15.0 Å². The van der Waals surface area contributed by atoms with Crippen LogP contribution in [-0.2, 0) is 18.3 Å². The van der Waals surface area contributed by atoms with Crippen LogP contribution in [0.15, 0.2) is 12.4 Å². The number of rotatable bonds is 6. The van der Waals surface area contributed by atoms with Gasteiger partial charge in [0.15, 0.2) is 0 Å². The first-order chi connectivity index (χ1) is 11.0. The molecule has 130 valence electrons. The van der Waals surface area contributed by atoms with Gasteiger partial charge in [0.25, 0.3) is 0 Å². The quantitative estimate of drug-likeness (QED) is 0.845. The summed E-state index contributed by atoms with van der Waals surface area (Å²) in [5, 5.41) is 7.19. The lowest BCUT2D eigenvalue weighted by atomic mass is 10.0. The van der Waals surface area contributed by atoms with Crippen molar-refractivity contribution in [2.24, 2.45) is 13.0 Å². The summed E-state index contributed by atoms with van der Waals surface area (Å²) in [4.78, 5) is 16.4. The number of urea groups is 1. The molecule has 23 heavy (non-hydrogen) atoms. The summed E-state index contributed by atoms with van der Waals surface area (Å²) in [6.45, 7) is 9.04. The second kappa shape index (κ2) is 8.31. The zero-order valence-electron chi connectivity index (χ0n) is 14.7. The molecule has 1 aliphatic heterocycles. The third-order valence-electron chi connectivity index (χ3n) is 4.27. The van der Waals surface area contributed by atoms with E-state index in [1.807, 2.05) is 13.2 Å². The molecule has 1 atom stereocenters. The van der Waals surface area contributed by atoms with E-state index in [0.717, 1.165) is 31.9 Å². The maximum Gasteiger partial charge on any atom is 0.317 e. The van der Waals surface area contributed by atoms with E-state index in [1.54, 1.807) is 22.8 Å². The summed E-state index contributed by atoms with van der Waals surface area (Å²) < 4.78 is 7.16. The minimum Gasteiger partial charge on any atom is -0.379 e. The summed E-state index contributed by atoms with van der Waals surface area (Å²) in [7, 11) is 3.68. The molecular formula is C16H29N5O2. The van der Waals surface area contributed by atoms with Crippen LogP contribution >= 0.6 is 0 Å². The van der Waals surface area contributed by atoms with Crippen molar-refractivity contribution in [2.45, 2.75) is 26.4 Å².